The number of rotatable bonds is 3. The van der Waals surface area contributed by atoms with Crippen LogP contribution >= 0.6 is 0 Å². The minimum atomic E-state index is -0.309. The van der Waals surface area contributed by atoms with Gasteiger partial charge in [-0.2, -0.15) is 4.98 Å². The van der Waals surface area contributed by atoms with E-state index in [0.717, 1.165) is 13.0 Å². The molecule has 3 rings (SSSR count). The van der Waals surface area contributed by atoms with Gasteiger partial charge in [0.15, 0.2) is 0 Å². The SMILES string of the molecule is CN1CCN(C=O)CC1c1nc(-c2ccc(F)cc2)no1. The molecular formula is C14H15FN4O2. The fraction of sp³-hybridized carbons (Fsp3) is 0.357. The minimum absolute atomic E-state index is 0.120. The van der Waals surface area contributed by atoms with Gasteiger partial charge in [0.2, 0.25) is 18.1 Å². The first-order valence-corrected chi connectivity index (χ1v) is 6.66. The van der Waals surface area contributed by atoms with Crippen LogP contribution in [0.3, 0.4) is 0 Å². The van der Waals surface area contributed by atoms with Gasteiger partial charge in [-0.25, -0.2) is 4.39 Å². The molecule has 1 fully saturated rings. The third-order valence-corrected chi connectivity index (χ3v) is 3.66. The van der Waals surface area contributed by atoms with Gasteiger partial charge in [-0.05, 0) is 31.3 Å². The van der Waals surface area contributed by atoms with Crippen LogP contribution in [-0.2, 0) is 4.79 Å². The first-order valence-electron chi connectivity index (χ1n) is 6.66. The number of aromatic nitrogens is 2. The molecule has 0 radical (unpaired) electrons. The number of hydrogen-bond donors (Lipinski definition) is 0. The summed E-state index contributed by atoms with van der Waals surface area (Å²) in [4.78, 5) is 19.0. The van der Waals surface area contributed by atoms with Crippen molar-refractivity contribution in [1.82, 2.24) is 19.9 Å². The van der Waals surface area contributed by atoms with Crippen molar-refractivity contribution in [3.8, 4) is 11.4 Å². The van der Waals surface area contributed by atoms with Gasteiger partial charge in [0.05, 0.1) is 0 Å². The maximum absolute atomic E-state index is 12.9. The Hall–Kier alpha value is -2.28. The van der Waals surface area contributed by atoms with Crippen LogP contribution in [0.4, 0.5) is 4.39 Å². The first-order chi connectivity index (χ1) is 10.2. The predicted octanol–water partition coefficient (Wildman–Crippen LogP) is 1.32. The molecule has 1 aliphatic rings. The number of piperazine rings is 1. The molecule has 110 valence electrons. The van der Waals surface area contributed by atoms with Gasteiger partial charge in [0, 0.05) is 25.2 Å². The van der Waals surface area contributed by atoms with E-state index in [1.165, 1.54) is 12.1 Å². The van der Waals surface area contributed by atoms with Crippen molar-refractivity contribution in [3.05, 3.63) is 36.0 Å². The van der Waals surface area contributed by atoms with Gasteiger partial charge in [-0.1, -0.05) is 5.16 Å². The fourth-order valence-electron chi connectivity index (χ4n) is 2.34. The summed E-state index contributed by atoms with van der Waals surface area (Å²) >= 11 is 0. The highest BCUT2D eigenvalue weighted by Crippen LogP contribution is 2.24. The van der Waals surface area contributed by atoms with Crippen LogP contribution in [0.25, 0.3) is 11.4 Å². The normalized spacial score (nSPS) is 19.7. The van der Waals surface area contributed by atoms with Gasteiger partial charge in [0.1, 0.15) is 11.9 Å². The summed E-state index contributed by atoms with van der Waals surface area (Å²) in [7, 11) is 1.95. The lowest BCUT2D eigenvalue weighted by Crippen LogP contribution is -2.46. The number of likely N-dealkylation sites (N-methyl/N-ethyl adjacent to an activating group) is 1. The van der Waals surface area contributed by atoms with Crippen LogP contribution in [0.1, 0.15) is 11.9 Å². The summed E-state index contributed by atoms with van der Waals surface area (Å²) in [6, 6.07) is 5.79. The summed E-state index contributed by atoms with van der Waals surface area (Å²) < 4.78 is 18.2. The second-order valence-corrected chi connectivity index (χ2v) is 5.06. The van der Waals surface area contributed by atoms with Crippen LogP contribution in [0.15, 0.2) is 28.8 Å². The number of halogens is 1. The molecule has 21 heavy (non-hydrogen) atoms. The quantitative estimate of drug-likeness (QED) is 0.798. The first kappa shape index (κ1) is 13.7. The molecule has 1 amide bonds. The van der Waals surface area contributed by atoms with E-state index in [1.807, 2.05) is 7.05 Å². The molecule has 6 nitrogen and oxygen atoms in total. The Morgan fingerprint density at radius 3 is 2.81 bits per heavy atom. The van der Waals surface area contributed by atoms with Crippen molar-refractivity contribution in [2.45, 2.75) is 6.04 Å². The van der Waals surface area contributed by atoms with E-state index in [2.05, 4.69) is 15.0 Å². The Labute approximate surface area is 121 Å². The standard InChI is InChI=1S/C14H15FN4O2/c1-18-6-7-19(9-20)8-12(18)14-16-13(17-21-14)10-2-4-11(15)5-3-10/h2-5,9,12H,6-8H2,1H3. The number of carbonyl (C=O) groups excluding carboxylic acids is 1. The molecule has 0 spiro atoms. The van der Waals surface area contributed by atoms with E-state index >= 15 is 0 Å². The maximum Gasteiger partial charge on any atom is 0.246 e. The molecule has 2 heterocycles. The fourth-order valence-corrected chi connectivity index (χ4v) is 2.34. The number of hydrogen-bond acceptors (Lipinski definition) is 5. The summed E-state index contributed by atoms with van der Waals surface area (Å²) in [6.07, 6.45) is 0.831. The minimum Gasteiger partial charge on any atom is -0.342 e. The average molecular weight is 290 g/mol. The summed E-state index contributed by atoms with van der Waals surface area (Å²) in [5.74, 6) is 0.570. The van der Waals surface area contributed by atoms with E-state index in [9.17, 15) is 9.18 Å². The highest BCUT2D eigenvalue weighted by atomic mass is 19.1. The molecule has 1 saturated heterocycles. The lowest BCUT2D eigenvalue weighted by Gasteiger charge is -2.35. The highest BCUT2D eigenvalue weighted by Gasteiger charge is 2.29. The number of benzene rings is 1. The Morgan fingerprint density at radius 1 is 1.33 bits per heavy atom. The van der Waals surface area contributed by atoms with E-state index < -0.39 is 0 Å². The highest BCUT2D eigenvalue weighted by molar-refractivity contribution is 5.53. The van der Waals surface area contributed by atoms with Gasteiger partial charge in [0.25, 0.3) is 0 Å². The van der Waals surface area contributed by atoms with Crippen LogP contribution in [0.2, 0.25) is 0 Å². The number of nitrogens with zero attached hydrogens (tertiary/aromatic N) is 4. The molecule has 0 N–H and O–H groups in total. The Kier molecular flexibility index (Phi) is 3.66. The zero-order valence-corrected chi connectivity index (χ0v) is 11.6. The monoisotopic (exact) mass is 290 g/mol. The summed E-state index contributed by atoms with van der Waals surface area (Å²) in [6.45, 7) is 1.96. The van der Waals surface area contributed by atoms with E-state index in [0.29, 0.717) is 30.4 Å². The molecule has 7 heteroatoms. The number of carbonyl (C=O) groups is 1. The molecule has 0 saturated carbocycles. The zero-order valence-electron chi connectivity index (χ0n) is 11.6. The van der Waals surface area contributed by atoms with E-state index in [4.69, 9.17) is 4.52 Å². The third-order valence-electron chi connectivity index (χ3n) is 3.66. The molecular weight excluding hydrogens is 275 g/mol. The second-order valence-electron chi connectivity index (χ2n) is 5.06. The van der Waals surface area contributed by atoms with Crippen molar-refractivity contribution >= 4 is 6.41 Å². The smallest absolute Gasteiger partial charge is 0.246 e. The summed E-state index contributed by atoms with van der Waals surface area (Å²) in [5, 5.41) is 3.93. The maximum atomic E-state index is 12.9. The van der Waals surface area contributed by atoms with Crippen LogP contribution in [0, 0.1) is 5.82 Å². The molecule has 1 aromatic carbocycles. The zero-order chi connectivity index (χ0) is 14.8. The van der Waals surface area contributed by atoms with Gasteiger partial charge >= 0.3 is 0 Å². The predicted molar refractivity (Wildman–Crippen MR) is 72.7 cm³/mol. The van der Waals surface area contributed by atoms with E-state index in [1.54, 1.807) is 17.0 Å². The van der Waals surface area contributed by atoms with Crippen LogP contribution in [0.5, 0.6) is 0 Å². The van der Waals surface area contributed by atoms with E-state index in [-0.39, 0.29) is 11.9 Å². The number of amides is 1. The molecule has 1 atom stereocenters. The molecule has 1 unspecified atom stereocenters. The lowest BCUT2D eigenvalue weighted by molar-refractivity contribution is -0.120. The average Bonchev–Trinajstić information content (AvgIpc) is 2.98. The lowest BCUT2D eigenvalue weighted by atomic mass is 10.2. The molecule has 1 aliphatic heterocycles. The second kappa shape index (κ2) is 5.61. The van der Waals surface area contributed by atoms with Gasteiger partial charge < -0.3 is 9.42 Å². The molecule has 2 aromatic rings. The molecule has 0 bridgehead atoms. The molecule has 0 aliphatic carbocycles. The Balaban J connectivity index is 1.83. The van der Waals surface area contributed by atoms with Crippen LogP contribution < -0.4 is 0 Å². The largest absolute Gasteiger partial charge is 0.342 e. The Bertz CT molecular complexity index is 628. The van der Waals surface area contributed by atoms with Crippen molar-refractivity contribution in [2.75, 3.05) is 26.7 Å². The van der Waals surface area contributed by atoms with Crippen LogP contribution in [-0.4, -0.2) is 53.0 Å². The van der Waals surface area contributed by atoms with Crippen molar-refractivity contribution in [2.24, 2.45) is 0 Å². The van der Waals surface area contributed by atoms with Crippen molar-refractivity contribution in [1.29, 1.82) is 0 Å². The van der Waals surface area contributed by atoms with Gasteiger partial charge in [-0.3, -0.25) is 9.69 Å². The summed E-state index contributed by atoms with van der Waals surface area (Å²) in [5.41, 5.74) is 0.692. The van der Waals surface area contributed by atoms with Gasteiger partial charge in [-0.15, -0.1) is 0 Å². The third kappa shape index (κ3) is 2.78. The Morgan fingerprint density at radius 2 is 2.10 bits per heavy atom. The topological polar surface area (TPSA) is 62.5 Å². The van der Waals surface area contributed by atoms with Crippen molar-refractivity contribution < 1.29 is 13.7 Å². The van der Waals surface area contributed by atoms with Crippen molar-refractivity contribution in [3.63, 3.8) is 0 Å². The molecule has 1 aromatic heterocycles.